The highest BCUT2D eigenvalue weighted by molar-refractivity contribution is 5.80. The highest BCUT2D eigenvalue weighted by atomic mass is 16.6. The van der Waals surface area contributed by atoms with Crippen molar-refractivity contribution in [3.63, 3.8) is 0 Å². The number of hydrogen-bond donors (Lipinski definition) is 1. The molecule has 1 unspecified atom stereocenters. The van der Waals surface area contributed by atoms with Crippen molar-refractivity contribution in [3.05, 3.63) is 18.0 Å². The Labute approximate surface area is 106 Å². The number of hydrogen-bond acceptors (Lipinski definition) is 4. The van der Waals surface area contributed by atoms with E-state index in [9.17, 15) is 0 Å². The third-order valence-electron chi connectivity index (χ3n) is 3.33. The zero-order chi connectivity index (χ0) is 12.7. The van der Waals surface area contributed by atoms with Crippen LogP contribution in [-0.2, 0) is 0 Å². The normalized spacial score (nSPS) is 16.2. The van der Waals surface area contributed by atoms with Gasteiger partial charge < -0.3 is 14.5 Å². The fraction of sp³-hybridized carbons (Fsp3) is 0.462. The molecule has 0 spiro atoms. The Morgan fingerprint density at radius 1 is 1.22 bits per heavy atom. The lowest BCUT2D eigenvalue weighted by molar-refractivity contribution is 0.172. The Balaban J connectivity index is 2.06. The Morgan fingerprint density at radius 2 is 1.89 bits per heavy atom. The maximum atomic E-state index is 5.57. The minimum atomic E-state index is 0.247. The highest BCUT2D eigenvalue weighted by Crippen LogP contribution is 2.34. The second-order valence-corrected chi connectivity index (χ2v) is 4.77. The van der Waals surface area contributed by atoms with E-state index in [1.165, 1.54) is 0 Å². The van der Waals surface area contributed by atoms with Crippen LogP contribution in [0.4, 0.5) is 0 Å². The van der Waals surface area contributed by atoms with E-state index in [4.69, 9.17) is 9.47 Å². The first-order chi connectivity index (χ1) is 8.65. The molecular weight excluding hydrogens is 230 g/mol. The molecular formula is C13H17N3O2. The van der Waals surface area contributed by atoms with Crippen LogP contribution < -0.4 is 9.47 Å². The molecule has 0 saturated carbocycles. The van der Waals surface area contributed by atoms with E-state index < -0.39 is 0 Å². The molecule has 0 amide bonds. The Bertz CT molecular complexity index is 534. The van der Waals surface area contributed by atoms with E-state index in [2.05, 4.69) is 21.8 Å². The summed E-state index contributed by atoms with van der Waals surface area (Å²) in [4.78, 5) is 10.1. The van der Waals surface area contributed by atoms with Crippen LogP contribution in [0, 0.1) is 0 Å². The van der Waals surface area contributed by atoms with E-state index in [1.807, 2.05) is 26.2 Å². The van der Waals surface area contributed by atoms with Crippen molar-refractivity contribution in [2.45, 2.75) is 13.0 Å². The average Bonchev–Trinajstić information content (AvgIpc) is 2.77. The molecule has 1 atom stereocenters. The van der Waals surface area contributed by atoms with Gasteiger partial charge in [0.1, 0.15) is 19.0 Å². The standard InChI is InChI=1S/C13H17N3O2/c1-8(16(2)3)13-14-9-6-11-12(7-10(9)15-13)18-5-4-17-11/h6-8H,4-5H2,1-3H3,(H,14,15). The van der Waals surface area contributed by atoms with Crippen molar-refractivity contribution in [2.75, 3.05) is 27.3 Å². The Kier molecular flexibility index (Phi) is 2.63. The molecule has 0 bridgehead atoms. The Morgan fingerprint density at radius 3 is 2.56 bits per heavy atom. The summed E-state index contributed by atoms with van der Waals surface area (Å²) < 4.78 is 11.1. The van der Waals surface area contributed by atoms with E-state index >= 15 is 0 Å². The molecule has 2 heterocycles. The molecule has 5 heteroatoms. The molecule has 0 radical (unpaired) electrons. The predicted molar refractivity (Wildman–Crippen MR) is 69.2 cm³/mol. The zero-order valence-electron chi connectivity index (χ0n) is 10.9. The SMILES string of the molecule is CC(c1nc2cc3c(cc2[nH]1)OCCO3)N(C)C. The highest BCUT2D eigenvalue weighted by Gasteiger charge is 2.17. The van der Waals surface area contributed by atoms with Gasteiger partial charge in [-0.05, 0) is 21.0 Å². The molecule has 1 aliphatic heterocycles. The van der Waals surface area contributed by atoms with E-state index in [1.54, 1.807) is 0 Å². The molecule has 0 saturated heterocycles. The van der Waals surface area contributed by atoms with Crippen molar-refractivity contribution in [2.24, 2.45) is 0 Å². The van der Waals surface area contributed by atoms with Gasteiger partial charge in [0.15, 0.2) is 11.5 Å². The summed E-state index contributed by atoms with van der Waals surface area (Å²) >= 11 is 0. The van der Waals surface area contributed by atoms with Gasteiger partial charge in [0.25, 0.3) is 0 Å². The molecule has 18 heavy (non-hydrogen) atoms. The summed E-state index contributed by atoms with van der Waals surface area (Å²) in [6.07, 6.45) is 0. The molecule has 1 aromatic carbocycles. The molecule has 0 aliphatic carbocycles. The average molecular weight is 247 g/mol. The van der Waals surface area contributed by atoms with Crippen molar-refractivity contribution >= 4 is 11.0 Å². The molecule has 96 valence electrons. The van der Waals surface area contributed by atoms with Gasteiger partial charge in [-0.1, -0.05) is 0 Å². The molecule has 2 aromatic rings. The molecule has 3 rings (SSSR count). The summed E-state index contributed by atoms with van der Waals surface area (Å²) in [5.41, 5.74) is 1.91. The maximum Gasteiger partial charge on any atom is 0.163 e. The molecule has 5 nitrogen and oxygen atoms in total. The number of benzene rings is 1. The molecule has 1 N–H and O–H groups in total. The second kappa shape index (κ2) is 4.17. The van der Waals surface area contributed by atoms with E-state index in [-0.39, 0.29) is 6.04 Å². The number of H-pyrrole nitrogens is 1. The van der Waals surface area contributed by atoms with Gasteiger partial charge in [-0.25, -0.2) is 4.98 Å². The van der Waals surface area contributed by atoms with Gasteiger partial charge in [0, 0.05) is 12.1 Å². The summed E-state index contributed by atoms with van der Waals surface area (Å²) in [5.74, 6) is 2.53. The van der Waals surface area contributed by atoms with Crippen molar-refractivity contribution < 1.29 is 9.47 Å². The quantitative estimate of drug-likeness (QED) is 0.881. The summed E-state index contributed by atoms with van der Waals surface area (Å²) in [6, 6.07) is 4.14. The molecule has 1 aromatic heterocycles. The molecule has 0 fully saturated rings. The lowest BCUT2D eigenvalue weighted by Gasteiger charge is -2.17. The van der Waals surface area contributed by atoms with Gasteiger partial charge in [-0.3, -0.25) is 4.90 Å². The van der Waals surface area contributed by atoms with Crippen LogP contribution in [0.2, 0.25) is 0 Å². The van der Waals surface area contributed by atoms with Crippen LogP contribution in [0.15, 0.2) is 12.1 Å². The van der Waals surface area contributed by atoms with Crippen LogP contribution >= 0.6 is 0 Å². The minimum absolute atomic E-state index is 0.247. The van der Waals surface area contributed by atoms with Crippen molar-refractivity contribution in [1.82, 2.24) is 14.9 Å². The number of fused-ring (bicyclic) bond motifs is 2. The first-order valence-electron chi connectivity index (χ1n) is 6.11. The van der Waals surface area contributed by atoms with Crippen LogP contribution in [0.25, 0.3) is 11.0 Å². The molecule has 1 aliphatic rings. The predicted octanol–water partition coefficient (Wildman–Crippen LogP) is 1.96. The summed E-state index contributed by atoms with van der Waals surface area (Å²) in [6.45, 7) is 3.32. The monoisotopic (exact) mass is 247 g/mol. The third kappa shape index (κ3) is 1.80. The number of imidazole rings is 1. The third-order valence-corrected chi connectivity index (χ3v) is 3.33. The van der Waals surface area contributed by atoms with Crippen LogP contribution in [0.5, 0.6) is 11.5 Å². The smallest absolute Gasteiger partial charge is 0.163 e. The van der Waals surface area contributed by atoms with Crippen LogP contribution in [0.3, 0.4) is 0 Å². The van der Waals surface area contributed by atoms with Crippen LogP contribution in [-0.4, -0.2) is 42.2 Å². The number of nitrogens with zero attached hydrogens (tertiary/aromatic N) is 2. The first-order valence-corrected chi connectivity index (χ1v) is 6.11. The largest absolute Gasteiger partial charge is 0.486 e. The maximum absolute atomic E-state index is 5.57. The first kappa shape index (κ1) is 11.3. The number of aromatic amines is 1. The minimum Gasteiger partial charge on any atom is -0.486 e. The lowest BCUT2D eigenvalue weighted by Crippen LogP contribution is -2.17. The topological polar surface area (TPSA) is 50.4 Å². The van der Waals surface area contributed by atoms with Gasteiger partial charge in [0.05, 0.1) is 17.1 Å². The van der Waals surface area contributed by atoms with Crippen LogP contribution in [0.1, 0.15) is 18.8 Å². The number of nitrogens with one attached hydrogen (secondary N) is 1. The van der Waals surface area contributed by atoms with Gasteiger partial charge >= 0.3 is 0 Å². The summed E-state index contributed by atoms with van der Waals surface area (Å²) in [5, 5.41) is 0. The summed E-state index contributed by atoms with van der Waals surface area (Å²) in [7, 11) is 4.07. The van der Waals surface area contributed by atoms with Gasteiger partial charge in [-0.2, -0.15) is 0 Å². The fourth-order valence-corrected chi connectivity index (χ4v) is 2.01. The van der Waals surface area contributed by atoms with E-state index in [0.717, 1.165) is 28.4 Å². The number of rotatable bonds is 2. The van der Waals surface area contributed by atoms with Gasteiger partial charge in [-0.15, -0.1) is 0 Å². The zero-order valence-corrected chi connectivity index (χ0v) is 10.9. The second-order valence-electron chi connectivity index (χ2n) is 4.77. The van der Waals surface area contributed by atoms with Gasteiger partial charge in [0.2, 0.25) is 0 Å². The number of aromatic nitrogens is 2. The lowest BCUT2D eigenvalue weighted by atomic mass is 10.2. The Hall–Kier alpha value is -1.75. The fourth-order valence-electron chi connectivity index (χ4n) is 2.01. The van der Waals surface area contributed by atoms with Crippen molar-refractivity contribution in [3.8, 4) is 11.5 Å². The van der Waals surface area contributed by atoms with Crippen molar-refractivity contribution in [1.29, 1.82) is 0 Å². The number of ether oxygens (including phenoxy) is 2. The van der Waals surface area contributed by atoms with E-state index in [0.29, 0.717) is 13.2 Å².